The summed E-state index contributed by atoms with van der Waals surface area (Å²) in [5.41, 5.74) is 8.91. The molecule has 2 aromatic rings. The van der Waals surface area contributed by atoms with E-state index in [1.807, 2.05) is 4.90 Å². The molecule has 1 saturated heterocycles. The van der Waals surface area contributed by atoms with Crippen LogP contribution in [-0.4, -0.2) is 64.8 Å². The van der Waals surface area contributed by atoms with Crippen molar-refractivity contribution in [3.63, 3.8) is 0 Å². The van der Waals surface area contributed by atoms with Gasteiger partial charge in [0.2, 0.25) is 21.7 Å². The van der Waals surface area contributed by atoms with Gasteiger partial charge in [0.25, 0.3) is 0 Å². The Morgan fingerprint density at radius 1 is 1.31 bits per heavy atom. The molecule has 0 bridgehead atoms. The number of aryl methyl sites for hydroxylation is 1. The fourth-order valence-electron chi connectivity index (χ4n) is 2.56. The Morgan fingerprint density at radius 2 is 2.04 bits per heavy atom. The molecule has 1 aliphatic heterocycles. The molecule has 0 aliphatic carbocycles. The number of azide groups is 1. The van der Waals surface area contributed by atoms with E-state index in [0.29, 0.717) is 37.9 Å². The lowest BCUT2D eigenvalue weighted by Gasteiger charge is -2.34. The van der Waals surface area contributed by atoms with Crippen LogP contribution in [-0.2, 0) is 10.0 Å². The smallest absolute Gasteiger partial charge is 0.223 e. The molecule has 0 aromatic carbocycles. The van der Waals surface area contributed by atoms with Gasteiger partial charge in [0, 0.05) is 38.0 Å². The highest BCUT2D eigenvalue weighted by Crippen LogP contribution is 2.27. The Morgan fingerprint density at radius 3 is 2.62 bits per heavy atom. The number of sulfonamides is 1. The lowest BCUT2D eigenvalue weighted by atomic mass is 10.3. The quantitative estimate of drug-likeness (QED) is 0.427. The topological polar surface area (TPSA) is 154 Å². The third-order valence-electron chi connectivity index (χ3n) is 3.94. The van der Waals surface area contributed by atoms with E-state index >= 15 is 0 Å². The van der Waals surface area contributed by atoms with Crippen LogP contribution in [0.1, 0.15) is 12.8 Å². The number of anilines is 1. The van der Waals surface area contributed by atoms with Crippen molar-refractivity contribution < 1.29 is 12.9 Å². The highest BCUT2D eigenvalue weighted by atomic mass is 32.2. The minimum Gasteiger partial charge on any atom is -0.353 e. The molecule has 13 heteroatoms. The fraction of sp³-hybridized carbons (Fsp3) is 0.538. The number of aromatic nitrogens is 4. The molecule has 0 N–H and O–H groups in total. The summed E-state index contributed by atoms with van der Waals surface area (Å²) in [4.78, 5) is 17.3. The van der Waals surface area contributed by atoms with Crippen LogP contribution < -0.4 is 4.90 Å². The Balaban J connectivity index is 1.87. The summed E-state index contributed by atoms with van der Waals surface area (Å²) in [5, 5.41) is 7.31. The Hall–Kier alpha value is -2.76. The van der Waals surface area contributed by atoms with Crippen LogP contribution in [0.5, 0.6) is 0 Å². The summed E-state index contributed by atoms with van der Waals surface area (Å²) in [5.74, 6) is 1.16. The number of hydrogen-bond donors (Lipinski definition) is 0. The van der Waals surface area contributed by atoms with Crippen LogP contribution in [0.25, 0.3) is 22.0 Å². The SMILES string of the molecule is CCS(=O)(=O)N1CCN(c2cnc(N=[N+]=[N-])c(-c3noc(C)n3)n2)CC1. The molecular formula is C13H17N9O3S. The van der Waals surface area contributed by atoms with Gasteiger partial charge in [0.15, 0.2) is 5.82 Å². The monoisotopic (exact) mass is 379 g/mol. The predicted molar refractivity (Wildman–Crippen MR) is 92.1 cm³/mol. The first-order valence-corrected chi connectivity index (χ1v) is 9.51. The van der Waals surface area contributed by atoms with Crippen molar-refractivity contribution in [2.24, 2.45) is 5.11 Å². The standard InChI is InChI=1S/C13H17N9O3S/c1-3-26(23,24)22-6-4-21(5-7-22)10-8-15-12(18-20-14)11(17-10)13-16-9(2)25-19-13/h8H,3-7H2,1-2H3. The molecule has 0 atom stereocenters. The van der Waals surface area contributed by atoms with Crippen molar-refractivity contribution in [1.82, 2.24) is 24.4 Å². The van der Waals surface area contributed by atoms with Gasteiger partial charge in [-0.25, -0.2) is 18.4 Å². The molecule has 26 heavy (non-hydrogen) atoms. The predicted octanol–water partition coefficient (Wildman–Crippen LogP) is 1.25. The minimum absolute atomic E-state index is 0.0456. The molecule has 0 spiro atoms. The second-order valence-corrected chi connectivity index (χ2v) is 7.77. The number of hydrogen-bond acceptors (Lipinski definition) is 9. The summed E-state index contributed by atoms with van der Waals surface area (Å²) >= 11 is 0. The molecule has 3 heterocycles. The average molecular weight is 379 g/mol. The van der Waals surface area contributed by atoms with Gasteiger partial charge in [0.05, 0.1) is 11.9 Å². The summed E-state index contributed by atoms with van der Waals surface area (Å²) in [7, 11) is -3.21. The molecule has 0 amide bonds. The van der Waals surface area contributed by atoms with Gasteiger partial charge in [-0.1, -0.05) is 5.16 Å². The summed E-state index contributed by atoms with van der Waals surface area (Å²) in [6.45, 7) is 4.94. The zero-order chi connectivity index (χ0) is 18.7. The van der Waals surface area contributed by atoms with Crippen molar-refractivity contribution >= 4 is 21.7 Å². The Kier molecular flexibility index (Phi) is 5.02. The van der Waals surface area contributed by atoms with Crippen molar-refractivity contribution in [3.8, 4) is 11.5 Å². The number of rotatable bonds is 5. The van der Waals surface area contributed by atoms with Crippen LogP contribution in [0.4, 0.5) is 11.6 Å². The van der Waals surface area contributed by atoms with Crippen molar-refractivity contribution in [2.45, 2.75) is 13.8 Å². The zero-order valence-corrected chi connectivity index (χ0v) is 15.1. The molecule has 2 aromatic heterocycles. The third-order valence-corrected chi connectivity index (χ3v) is 5.82. The molecule has 3 rings (SSSR count). The van der Waals surface area contributed by atoms with Gasteiger partial charge >= 0.3 is 0 Å². The van der Waals surface area contributed by atoms with Crippen LogP contribution in [0, 0.1) is 6.92 Å². The largest absolute Gasteiger partial charge is 0.353 e. The maximum atomic E-state index is 12.0. The van der Waals surface area contributed by atoms with Gasteiger partial charge < -0.3 is 9.42 Å². The Labute approximate surface area is 149 Å². The van der Waals surface area contributed by atoms with E-state index in [1.165, 1.54) is 10.5 Å². The first-order valence-electron chi connectivity index (χ1n) is 7.90. The second kappa shape index (κ2) is 7.23. The third kappa shape index (κ3) is 3.59. The molecule has 12 nitrogen and oxygen atoms in total. The maximum Gasteiger partial charge on any atom is 0.223 e. The summed E-state index contributed by atoms with van der Waals surface area (Å²) in [6, 6.07) is 0. The average Bonchev–Trinajstić information content (AvgIpc) is 3.08. The maximum absolute atomic E-state index is 12.0. The second-order valence-electron chi connectivity index (χ2n) is 5.51. The minimum atomic E-state index is -3.21. The molecule has 1 aliphatic rings. The normalized spacial score (nSPS) is 15.7. The fourth-order valence-corrected chi connectivity index (χ4v) is 3.65. The number of nitrogens with zero attached hydrogens (tertiary/aromatic N) is 9. The van der Waals surface area contributed by atoms with Gasteiger partial charge in [-0.2, -0.15) is 9.29 Å². The molecule has 1 fully saturated rings. The van der Waals surface area contributed by atoms with Gasteiger partial charge in [-0.05, 0) is 17.6 Å². The van der Waals surface area contributed by atoms with Gasteiger partial charge in [-0.3, -0.25) is 0 Å². The van der Waals surface area contributed by atoms with Crippen LogP contribution in [0.2, 0.25) is 0 Å². The highest BCUT2D eigenvalue weighted by molar-refractivity contribution is 7.89. The molecule has 138 valence electrons. The van der Waals surface area contributed by atoms with Crippen molar-refractivity contribution in [2.75, 3.05) is 36.8 Å². The molecule has 0 unspecified atom stereocenters. The van der Waals surface area contributed by atoms with Crippen LogP contribution in [0.15, 0.2) is 15.8 Å². The lowest BCUT2D eigenvalue weighted by Crippen LogP contribution is -2.49. The molecule has 0 radical (unpaired) electrons. The van der Waals surface area contributed by atoms with E-state index in [1.54, 1.807) is 13.8 Å². The van der Waals surface area contributed by atoms with Gasteiger partial charge in [-0.15, -0.1) is 0 Å². The zero-order valence-electron chi connectivity index (χ0n) is 14.3. The first kappa shape index (κ1) is 18.0. The van der Waals surface area contributed by atoms with E-state index in [0.717, 1.165) is 0 Å². The van der Waals surface area contributed by atoms with E-state index < -0.39 is 10.0 Å². The molecule has 0 saturated carbocycles. The van der Waals surface area contributed by atoms with Crippen molar-refractivity contribution in [3.05, 3.63) is 22.5 Å². The van der Waals surface area contributed by atoms with Crippen LogP contribution in [0.3, 0.4) is 0 Å². The van der Waals surface area contributed by atoms with E-state index in [9.17, 15) is 8.42 Å². The van der Waals surface area contributed by atoms with E-state index in [-0.39, 0.29) is 23.1 Å². The van der Waals surface area contributed by atoms with E-state index in [2.05, 4.69) is 30.1 Å². The first-order chi connectivity index (χ1) is 12.4. The van der Waals surface area contributed by atoms with Crippen LogP contribution >= 0.6 is 0 Å². The van der Waals surface area contributed by atoms with Crippen molar-refractivity contribution in [1.29, 1.82) is 0 Å². The Bertz CT molecular complexity index is 944. The number of piperazine rings is 1. The van der Waals surface area contributed by atoms with Gasteiger partial charge in [0.1, 0.15) is 11.5 Å². The summed E-state index contributed by atoms with van der Waals surface area (Å²) in [6.07, 6.45) is 1.48. The summed E-state index contributed by atoms with van der Waals surface area (Å²) < 4.78 is 30.3. The highest BCUT2D eigenvalue weighted by Gasteiger charge is 2.27. The molecular weight excluding hydrogens is 362 g/mol. The van der Waals surface area contributed by atoms with E-state index in [4.69, 9.17) is 10.1 Å². The lowest BCUT2D eigenvalue weighted by molar-refractivity contribution is 0.384.